The molecule has 14 rings (SSSR count). The van der Waals surface area contributed by atoms with Crippen molar-refractivity contribution in [3.63, 3.8) is 0 Å². The molecule has 0 atom stereocenters. The summed E-state index contributed by atoms with van der Waals surface area (Å²) in [5.41, 5.74) is 9.56. The van der Waals surface area contributed by atoms with Crippen molar-refractivity contribution in [2.24, 2.45) is 0 Å². The Kier molecular flexibility index (Phi) is 5.71. The smallest absolute Gasteiger partial charge is 0.000696 e. The van der Waals surface area contributed by atoms with Crippen LogP contribution in [0.25, 0.3) is 141 Å². The topological polar surface area (TPSA) is 0 Å². The van der Waals surface area contributed by atoms with E-state index in [0.717, 1.165) is 0 Å². The van der Waals surface area contributed by atoms with E-state index in [1.54, 1.807) is 0 Å². The zero-order valence-corrected chi connectivity index (χ0v) is 31.4. The Morgan fingerprint density at radius 2 is 0.754 bits per heavy atom. The van der Waals surface area contributed by atoms with Gasteiger partial charge in [-0.05, 0) is 164 Å². The van der Waals surface area contributed by atoms with E-state index in [0.29, 0.717) is 0 Å². The fourth-order valence-electron chi connectivity index (χ4n) is 11.4. The van der Waals surface area contributed by atoms with Crippen LogP contribution >= 0.6 is 0 Å². The molecule has 0 bridgehead atoms. The van der Waals surface area contributed by atoms with Gasteiger partial charge in [0, 0.05) is 0 Å². The van der Waals surface area contributed by atoms with Crippen LogP contribution in [0.1, 0.15) is 33.8 Å². The summed E-state index contributed by atoms with van der Waals surface area (Å²) in [7, 11) is 0. The molecule has 0 fully saturated rings. The summed E-state index contributed by atoms with van der Waals surface area (Å²) in [5.74, 6) is 0. The van der Waals surface area contributed by atoms with Gasteiger partial charge in [0.2, 0.25) is 0 Å². The second-order valence-electron chi connectivity index (χ2n) is 17.5. The molecule has 57 heavy (non-hydrogen) atoms. The average Bonchev–Trinajstić information content (AvgIpc) is 3.87. The van der Waals surface area contributed by atoms with Crippen LogP contribution in [-0.4, -0.2) is 0 Å². The van der Waals surface area contributed by atoms with Crippen LogP contribution in [0.3, 0.4) is 0 Å². The van der Waals surface area contributed by atoms with Gasteiger partial charge in [-0.3, -0.25) is 0 Å². The van der Waals surface area contributed by atoms with Gasteiger partial charge in [-0.2, -0.15) is 0 Å². The third-order valence-electron chi connectivity index (χ3n) is 13.8. The van der Waals surface area contributed by atoms with Crippen molar-refractivity contribution in [3.8, 4) is 33.4 Å². The first-order valence-corrected chi connectivity index (χ1v) is 20.0. The number of hydrogen-bond donors (Lipinski definition) is 0. The minimum absolute atomic E-state index is 0. The highest BCUT2D eigenvalue weighted by molar-refractivity contribution is 6.52. The number of rotatable bonds is 1. The largest absolute Gasteiger partial charge is 0.0776 e. The molecular weight excluding hydrogens is 685 g/mol. The van der Waals surface area contributed by atoms with Gasteiger partial charge >= 0.3 is 0 Å². The number of hydrogen-bond acceptors (Lipinski definition) is 0. The van der Waals surface area contributed by atoms with Gasteiger partial charge in [0.25, 0.3) is 0 Å². The van der Waals surface area contributed by atoms with E-state index in [2.05, 4.69) is 172 Å². The van der Waals surface area contributed by atoms with E-state index in [9.17, 15) is 0 Å². The first-order chi connectivity index (χ1) is 27.5. The summed E-state index contributed by atoms with van der Waals surface area (Å²) >= 11 is 0. The van der Waals surface area contributed by atoms with Crippen LogP contribution in [0.5, 0.6) is 0 Å². The molecule has 1 aliphatic rings. The molecule has 13 aromatic carbocycles. The fourth-order valence-corrected chi connectivity index (χ4v) is 11.4. The molecule has 0 saturated carbocycles. The lowest BCUT2D eigenvalue weighted by atomic mass is 9.85. The maximum atomic E-state index is 2.48. The molecular formula is C57H38. The van der Waals surface area contributed by atoms with Crippen molar-refractivity contribution in [1.29, 1.82) is 0 Å². The summed E-state index contributed by atoms with van der Waals surface area (Å²) in [6, 6.07) is 58.4. The van der Waals surface area contributed by atoms with Crippen LogP contribution in [0, 0.1) is 0 Å². The monoisotopic (exact) mass is 722 g/mol. The molecule has 0 heterocycles. The van der Waals surface area contributed by atoms with Crippen LogP contribution in [0.2, 0.25) is 0 Å². The van der Waals surface area contributed by atoms with Crippen molar-refractivity contribution in [2.75, 3.05) is 0 Å². The van der Waals surface area contributed by atoms with Crippen LogP contribution in [-0.2, 0) is 5.41 Å². The van der Waals surface area contributed by atoms with E-state index >= 15 is 0 Å². The first kappa shape index (κ1) is 31.4. The van der Waals surface area contributed by atoms with Gasteiger partial charge in [0.1, 0.15) is 0 Å². The van der Waals surface area contributed by atoms with Crippen LogP contribution < -0.4 is 0 Å². The van der Waals surface area contributed by atoms with Gasteiger partial charge in [0.05, 0.1) is 0 Å². The maximum absolute atomic E-state index is 2.48. The van der Waals surface area contributed by atoms with Crippen LogP contribution in [0.15, 0.2) is 152 Å². The molecule has 0 aromatic heterocycles. The van der Waals surface area contributed by atoms with E-state index in [-0.39, 0.29) is 12.8 Å². The Bertz CT molecular complexity index is 3850. The Labute approximate surface area is 330 Å². The molecule has 0 nitrogen and oxygen atoms in total. The molecule has 0 N–H and O–H groups in total. The zero-order valence-electron chi connectivity index (χ0n) is 31.4. The van der Waals surface area contributed by atoms with Crippen molar-refractivity contribution in [2.45, 2.75) is 33.6 Å². The third kappa shape index (κ3) is 3.62. The second-order valence-corrected chi connectivity index (χ2v) is 17.5. The van der Waals surface area contributed by atoms with Gasteiger partial charge < -0.3 is 0 Å². The van der Waals surface area contributed by atoms with Crippen molar-refractivity contribution >= 4 is 108 Å². The number of fused-ring (bicyclic) bond motifs is 14. The number of benzene rings is 11. The summed E-state index contributed by atoms with van der Waals surface area (Å²) in [6.45, 7) is 6.95. The highest BCUT2D eigenvalue weighted by atomic mass is 14.3. The molecule has 0 spiro atoms. The molecule has 1 aliphatic carbocycles. The SMILES string of the molecule is C.CC(C)(C)c1ccc2c(c1)-c1ccc3c4ccc5c6c(ccc(c7ccc-2c1c73)c46)c1c(-c2ccccc2)c2cc3ccccc3c3c4ccccc4c(c51)c23. The van der Waals surface area contributed by atoms with Crippen LogP contribution in [0.4, 0.5) is 0 Å². The molecule has 0 heteroatoms. The average molecular weight is 723 g/mol. The Hall–Kier alpha value is -6.76. The van der Waals surface area contributed by atoms with E-state index < -0.39 is 0 Å². The maximum Gasteiger partial charge on any atom is -0.000696 e. The minimum Gasteiger partial charge on any atom is -0.0776 e. The van der Waals surface area contributed by atoms with Gasteiger partial charge in [-0.15, -0.1) is 0 Å². The predicted molar refractivity (Wildman–Crippen MR) is 250 cm³/mol. The van der Waals surface area contributed by atoms with Crippen molar-refractivity contribution < 1.29 is 0 Å². The predicted octanol–water partition coefficient (Wildman–Crippen LogP) is 16.8. The summed E-state index contributed by atoms with van der Waals surface area (Å²) in [5, 5.41) is 27.3. The standard InChI is InChI=1S/C56H34.CH4/c1-56(2,3)31-17-18-33-36-19-20-37-39-23-25-42-51-43(26-24-40(50(39)51)38-21-22-41(44(33)28-31)48(36)49(37)38)54-52-35-16-10-9-15-34(35)47-32-14-8-7-13-30(32)27-45(55(47)52)46(53(42)54)29-11-5-4-6-12-29;/h4-28H,1-3H3;1H4. The normalized spacial score (nSPS) is 13.0. The minimum atomic E-state index is 0. The summed E-state index contributed by atoms with van der Waals surface area (Å²) in [4.78, 5) is 0. The highest BCUT2D eigenvalue weighted by Crippen LogP contribution is 2.58. The third-order valence-corrected chi connectivity index (χ3v) is 13.8. The summed E-state index contributed by atoms with van der Waals surface area (Å²) < 4.78 is 0. The van der Waals surface area contributed by atoms with Crippen molar-refractivity contribution in [1.82, 2.24) is 0 Å². The highest BCUT2D eigenvalue weighted by Gasteiger charge is 2.30. The molecule has 0 radical (unpaired) electrons. The molecule has 0 unspecified atom stereocenters. The molecule has 266 valence electrons. The Morgan fingerprint density at radius 1 is 0.298 bits per heavy atom. The molecule has 0 aliphatic heterocycles. The Morgan fingerprint density at radius 3 is 1.46 bits per heavy atom. The second kappa shape index (κ2) is 10.3. The van der Waals surface area contributed by atoms with E-state index in [1.165, 1.54) is 147 Å². The van der Waals surface area contributed by atoms with Crippen molar-refractivity contribution in [3.05, 3.63) is 157 Å². The first-order valence-electron chi connectivity index (χ1n) is 20.0. The lowest BCUT2D eigenvalue weighted by molar-refractivity contribution is 0.590. The fraction of sp³-hybridized carbons (Fsp3) is 0.0877. The van der Waals surface area contributed by atoms with E-state index in [1.807, 2.05) is 0 Å². The van der Waals surface area contributed by atoms with Gasteiger partial charge in [-0.1, -0.05) is 168 Å². The quantitative estimate of drug-likeness (QED) is 0.117. The summed E-state index contributed by atoms with van der Waals surface area (Å²) in [6.07, 6.45) is 0. The lowest BCUT2D eigenvalue weighted by Gasteiger charge is -2.20. The lowest BCUT2D eigenvalue weighted by Crippen LogP contribution is -2.10. The molecule has 0 amide bonds. The Balaban J connectivity index is 0.00000340. The van der Waals surface area contributed by atoms with Gasteiger partial charge in [-0.25, -0.2) is 0 Å². The van der Waals surface area contributed by atoms with E-state index in [4.69, 9.17) is 0 Å². The van der Waals surface area contributed by atoms with Gasteiger partial charge in [0.15, 0.2) is 0 Å². The zero-order chi connectivity index (χ0) is 36.8. The molecule has 13 aromatic rings. The molecule has 0 saturated heterocycles.